The Hall–Kier alpha value is -1.20. The molecule has 22 fully saturated rings. The van der Waals surface area contributed by atoms with E-state index in [1.807, 2.05) is 0 Å². The molecule has 22 aliphatic rings. The van der Waals surface area contributed by atoms with E-state index in [1.165, 1.54) is 0 Å². The number of hydrogen-bond acceptors (Lipinski definition) is 30. The SMILES string of the molecule is OC[C@H]1O[C@@H]2O[C@H]3C(O)C(O)[C@H](O[C@@H]3CO)O[C@H]3C(O)C(O)[C@H](O[C@@H]3CO)O[C@H]3C(O)C(O)[C@H](O[C@@H]3CO)O[C@H]3C(O)C(O)[C@H](O[C@@H]3CO)O[C@H]3C(O)C(O)[C@H](O[C@@H]3CO)O[C@H]1C(O)C2O. The van der Waals surface area contributed by atoms with Gasteiger partial charge in [-0.2, -0.15) is 0 Å². The van der Waals surface area contributed by atoms with Crippen molar-refractivity contribution in [1.82, 2.24) is 0 Å². The maximum Gasteiger partial charge on any atom is 0.187 e. The van der Waals surface area contributed by atoms with Crippen molar-refractivity contribution in [2.75, 3.05) is 39.6 Å². The minimum absolute atomic E-state index is 0.999. The van der Waals surface area contributed by atoms with E-state index in [1.54, 1.807) is 0 Å². The first-order valence-electron chi connectivity index (χ1n) is 21.1. The van der Waals surface area contributed by atoms with Gasteiger partial charge >= 0.3 is 0 Å². The van der Waals surface area contributed by atoms with Crippen LogP contribution in [0.3, 0.4) is 0 Å². The molecule has 66 heavy (non-hydrogen) atoms. The van der Waals surface area contributed by atoms with Gasteiger partial charge in [-0.3, -0.25) is 0 Å². The fourth-order valence-corrected chi connectivity index (χ4v) is 8.93. The Labute approximate surface area is 372 Å². The minimum atomic E-state index is -2.15. The lowest BCUT2D eigenvalue weighted by molar-refractivity contribution is -0.404. The highest BCUT2D eigenvalue weighted by molar-refractivity contribution is 5.01. The molecule has 0 spiro atoms. The average molecular weight is 973 g/mol. The van der Waals surface area contributed by atoms with Crippen LogP contribution in [0.2, 0.25) is 0 Å². The van der Waals surface area contributed by atoms with E-state index in [4.69, 9.17) is 56.8 Å². The maximum atomic E-state index is 11.2. The van der Waals surface area contributed by atoms with Crippen LogP contribution in [-0.4, -0.2) is 316 Å². The predicted molar refractivity (Wildman–Crippen MR) is 196 cm³/mol. The molecule has 0 amide bonds. The molecule has 12 unspecified atom stereocenters. The Morgan fingerprint density at radius 1 is 0.182 bits per heavy atom. The van der Waals surface area contributed by atoms with E-state index in [2.05, 4.69) is 0 Å². The zero-order chi connectivity index (χ0) is 48.0. The Morgan fingerprint density at radius 2 is 0.303 bits per heavy atom. The van der Waals surface area contributed by atoms with Crippen molar-refractivity contribution in [3.8, 4) is 0 Å². The number of ether oxygens (including phenoxy) is 12. The first-order chi connectivity index (χ1) is 31.4. The van der Waals surface area contributed by atoms with Crippen LogP contribution in [-0.2, 0) is 56.8 Å². The van der Waals surface area contributed by atoms with Gasteiger partial charge in [0.05, 0.1) is 39.6 Å². The third-order valence-electron chi connectivity index (χ3n) is 12.7. The Balaban J connectivity index is 1.19. The summed E-state index contributed by atoms with van der Waals surface area (Å²) in [6.07, 6.45) is -58.5. The summed E-state index contributed by atoms with van der Waals surface area (Å²) in [5.41, 5.74) is 0. The summed E-state index contributed by atoms with van der Waals surface area (Å²) in [5.74, 6) is 0. The van der Waals surface area contributed by atoms with E-state index in [9.17, 15) is 91.9 Å². The van der Waals surface area contributed by atoms with Gasteiger partial charge in [0.2, 0.25) is 0 Å². The van der Waals surface area contributed by atoms with E-state index < -0.39 is 224 Å². The number of hydrogen-bond donors (Lipinski definition) is 18. The van der Waals surface area contributed by atoms with Crippen LogP contribution in [0.15, 0.2) is 0 Å². The average Bonchev–Trinajstić information content (AvgIpc) is 3.31. The third-order valence-corrected chi connectivity index (χ3v) is 12.7. The van der Waals surface area contributed by atoms with Crippen molar-refractivity contribution in [2.24, 2.45) is 0 Å². The summed E-state index contributed by atoms with van der Waals surface area (Å²) in [5, 5.41) is 196. The molecule has 30 nitrogen and oxygen atoms in total. The predicted octanol–water partition coefficient (Wildman–Crippen LogP) is -13.1. The van der Waals surface area contributed by atoms with E-state index in [-0.39, 0.29) is 0 Å². The highest BCUT2D eigenvalue weighted by Crippen LogP contribution is 2.38. The number of aliphatic hydroxyl groups excluding tert-OH is 18. The van der Waals surface area contributed by atoms with Crippen LogP contribution in [0.1, 0.15) is 0 Å². The largest absolute Gasteiger partial charge is 0.394 e. The first-order valence-corrected chi connectivity index (χ1v) is 21.1. The maximum absolute atomic E-state index is 11.2. The molecule has 384 valence electrons. The van der Waals surface area contributed by atoms with Gasteiger partial charge in [-0.1, -0.05) is 0 Å². The van der Waals surface area contributed by atoms with Crippen molar-refractivity contribution >= 4 is 0 Å². The molecular weight excluding hydrogens is 912 g/mol. The fourth-order valence-electron chi connectivity index (χ4n) is 8.93. The fraction of sp³-hybridized carbons (Fsp3) is 1.00. The zero-order valence-corrected chi connectivity index (χ0v) is 34.5. The summed E-state index contributed by atoms with van der Waals surface area (Å²) in [6.45, 7) is -5.99. The quantitative estimate of drug-likeness (QED) is 0.117. The van der Waals surface area contributed by atoms with Crippen molar-refractivity contribution in [3.05, 3.63) is 0 Å². The van der Waals surface area contributed by atoms with E-state index in [0.29, 0.717) is 0 Å². The normalized spacial score (nSPS) is 55.4. The molecule has 22 heterocycles. The van der Waals surface area contributed by atoms with Gasteiger partial charge in [0.15, 0.2) is 37.7 Å². The van der Waals surface area contributed by atoms with Crippen molar-refractivity contribution in [3.63, 3.8) is 0 Å². The molecule has 0 aromatic carbocycles. The van der Waals surface area contributed by atoms with Crippen LogP contribution in [0, 0.1) is 0 Å². The molecule has 22 saturated heterocycles. The lowest BCUT2D eigenvalue weighted by atomic mass is 9.94. The summed E-state index contributed by atoms with van der Waals surface area (Å²) < 4.78 is 67.9. The van der Waals surface area contributed by atoms with Gasteiger partial charge in [0.25, 0.3) is 0 Å². The molecule has 22 aliphatic heterocycles. The third kappa shape index (κ3) is 10.0. The monoisotopic (exact) mass is 972 g/mol. The van der Waals surface area contributed by atoms with Crippen LogP contribution >= 0.6 is 0 Å². The minimum Gasteiger partial charge on any atom is -0.394 e. The molecule has 12 bridgehead atoms. The Kier molecular flexibility index (Phi) is 17.6. The van der Waals surface area contributed by atoms with Gasteiger partial charge in [0, 0.05) is 0 Å². The molecule has 0 radical (unpaired) electrons. The molecule has 30 atom stereocenters. The van der Waals surface area contributed by atoms with Crippen molar-refractivity contribution in [2.45, 2.75) is 184 Å². The van der Waals surface area contributed by atoms with Gasteiger partial charge in [0.1, 0.15) is 146 Å². The molecule has 0 aliphatic carbocycles. The van der Waals surface area contributed by atoms with Crippen LogP contribution < -0.4 is 0 Å². The number of aliphatic hydroxyl groups is 18. The molecule has 0 aromatic heterocycles. The lowest BCUT2D eigenvalue weighted by Gasteiger charge is -2.50. The summed E-state index contributed by atoms with van der Waals surface area (Å²) in [6, 6.07) is 0. The second-order valence-electron chi connectivity index (χ2n) is 16.8. The highest BCUT2D eigenvalue weighted by Gasteiger charge is 2.58. The Bertz CT molecular complexity index is 1230. The van der Waals surface area contributed by atoms with Crippen LogP contribution in [0.25, 0.3) is 0 Å². The molecule has 0 aromatic rings. The van der Waals surface area contributed by atoms with Crippen molar-refractivity contribution < 1.29 is 149 Å². The topological polar surface area (TPSA) is 475 Å². The van der Waals surface area contributed by atoms with E-state index in [0.717, 1.165) is 0 Å². The van der Waals surface area contributed by atoms with Gasteiger partial charge < -0.3 is 149 Å². The van der Waals surface area contributed by atoms with Gasteiger partial charge in [-0.05, 0) is 0 Å². The summed E-state index contributed by atoms with van der Waals surface area (Å²) in [4.78, 5) is 0. The summed E-state index contributed by atoms with van der Waals surface area (Å²) in [7, 11) is 0. The summed E-state index contributed by atoms with van der Waals surface area (Å²) >= 11 is 0. The Morgan fingerprint density at radius 3 is 0.409 bits per heavy atom. The first kappa shape index (κ1) is 52.6. The highest BCUT2D eigenvalue weighted by atomic mass is 16.8. The number of rotatable bonds is 6. The second-order valence-corrected chi connectivity index (χ2v) is 16.8. The smallest absolute Gasteiger partial charge is 0.187 e. The van der Waals surface area contributed by atoms with Crippen LogP contribution in [0.4, 0.5) is 0 Å². The van der Waals surface area contributed by atoms with E-state index >= 15 is 0 Å². The van der Waals surface area contributed by atoms with Gasteiger partial charge in [-0.25, -0.2) is 0 Å². The molecule has 0 saturated carbocycles. The molecule has 22 rings (SSSR count). The standard InChI is InChI=1S/C36H60O30/c37-1-7-25-13(43)19(49)31(55-7)62-26-8(2-38)57-33(21(51)15(26)45)64-28-10(4-40)59-35(23(53)17(28)47)66-30-12(6-42)60-36(24(54)18(30)48)65-29-11(5-41)58-34(22(52)16(29)46)63-27-9(3-39)56-32(61-25)20(50)14(27)44/h7-54H,1-6H2/t7-,8-,9-,10-,11-,12-,13?,14?,15?,16?,17?,18?,19?,20?,21?,22?,23?,24?,25-,26-,27-,28-,29-,30-,31-,32-,33-,34-,35-,36-/m1/s1. The van der Waals surface area contributed by atoms with Gasteiger partial charge in [-0.15, -0.1) is 0 Å². The lowest BCUT2D eigenvalue weighted by Crippen LogP contribution is -2.69. The molecule has 30 heteroatoms. The molecular formula is C36H60O30. The zero-order valence-electron chi connectivity index (χ0n) is 34.5. The molecule has 18 N–H and O–H groups in total. The van der Waals surface area contributed by atoms with Crippen LogP contribution in [0.5, 0.6) is 0 Å². The second kappa shape index (κ2) is 22.1. The van der Waals surface area contributed by atoms with Crippen molar-refractivity contribution in [1.29, 1.82) is 0 Å².